The van der Waals surface area contributed by atoms with Gasteiger partial charge < -0.3 is 47.0 Å². The van der Waals surface area contributed by atoms with E-state index in [4.69, 9.17) is 10.8 Å². The van der Waals surface area contributed by atoms with E-state index in [1.54, 1.807) is 12.3 Å². The molecule has 5 unspecified atom stereocenters. The smallest absolute Gasteiger partial charge is 0.326 e. The van der Waals surface area contributed by atoms with Gasteiger partial charge in [-0.1, -0.05) is 18.2 Å². The average Bonchev–Trinajstić information content (AvgIpc) is 3.59. The number of nitrogens with zero attached hydrogens (tertiary/aromatic N) is 1. The summed E-state index contributed by atoms with van der Waals surface area (Å²) in [5.74, 6) is -5.09. The molecule has 0 saturated heterocycles. The Bertz CT molecular complexity index is 1370. The number of amides is 3. The Morgan fingerprint density at radius 1 is 0.951 bits per heavy atom. The Balaban J connectivity index is 1.73. The van der Waals surface area contributed by atoms with Gasteiger partial charge in [0.2, 0.25) is 17.7 Å². The maximum Gasteiger partial charge on any atom is 0.326 e. The first kappa shape index (κ1) is 30.8. The minimum atomic E-state index is -1.57. The average molecular weight is 572 g/mol. The summed E-state index contributed by atoms with van der Waals surface area (Å²) in [5.41, 5.74) is 7.66. The van der Waals surface area contributed by atoms with Crippen molar-refractivity contribution in [3.63, 3.8) is 0 Å². The van der Waals surface area contributed by atoms with Crippen LogP contribution in [0.1, 0.15) is 31.0 Å². The summed E-state index contributed by atoms with van der Waals surface area (Å²) < 4.78 is 0. The number of carboxylic acids is 2. The van der Waals surface area contributed by atoms with Crippen molar-refractivity contribution >= 4 is 40.6 Å². The first-order valence-corrected chi connectivity index (χ1v) is 12.8. The van der Waals surface area contributed by atoms with Gasteiger partial charge in [0.15, 0.2) is 0 Å². The number of fused-ring (bicyclic) bond motifs is 1. The van der Waals surface area contributed by atoms with E-state index in [9.17, 15) is 34.2 Å². The van der Waals surface area contributed by atoms with Gasteiger partial charge in [-0.25, -0.2) is 9.78 Å². The molecule has 0 aliphatic heterocycles. The molecule has 10 N–H and O–H groups in total. The molecule has 5 atom stereocenters. The largest absolute Gasteiger partial charge is 0.481 e. The molecular formula is C26H33N7O8. The molecule has 0 radical (unpaired) electrons. The Hall–Kier alpha value is -4.76. The molecule has 3 amide bonds. The van der Waals surface area contributed by atoms with Crippen molar-refractivity contribution < 1.29 is 39.3 Å². The zero-order chi connectivity index (χ0) is 30.1. The summed E-state index contributed by atoms with van der Waals surface area (Å²) in [6.45, 7) is 1.24. The zero-order valence-corrected chi connectivity index (χ0v) is 22.2. The van der Waals surface area contributed by atoms with Crippen molar-refractivity contribution in [2.75, 3.05) is 0 Å². The summed E-state index contributed by atoms with van der Waals surface area (Å²) in [7, 11) is 0. The molecule has 0 aliphatic rings. The zero-order valence-electron chi connectivity index (χ0n) is 22.2. The number of hydrogen-bond acceptors (Lipinski definition) is 8. The number of para-hydroxylation sites is 1. The van der Waals surface area contributed by atoms with Gasteiger partial charge in [0.1, 0.15) is 18.1 Å². The van der Waals surface area contributed by atoms with Crippen LogP contribution in [0.5, 0.6) is 0 Å². The van der Waals surface area contributed by atoms with Crippen molar-refractivity contribution in [3.8, 4) is 0 Å². The second-order valence-electron chi connectivity index (χ2n) is 9.57. The van der Waals surface area contributed by atoms with Gasteiger partial charge in [0.25, 0.3) is 0 Å². The van der Waals surface area contributed by atoms with Gasteiger partial charge in [-0.2, -0.15) is 0 Å². The number of carboxylic acid groups (broad SMARTS) is 2. The third-order valence-electron chi connectivity index (χ3n) is 6.39. The minimum Gasteiger partial charge on any atom is -0.481 e. The van der Waals surface area contributed by atoms with Gasteiger partial charge in [-0.05, 0) is 25.0 Å². The number of aliphatic hydroxyl groups excluding tert-OH is 1. The highest BCUT2D eigenvalue weighted by Gasteiger charge is 2.33. The van der Waals surface area contributed by atoms with Gasteiger partial charge in [-0.15, -0.1) is 0 Å². The summed E-state index contributed by atoms with van der Waals surface area (Å²) in [5, 5.41) is 36.9. The van der Waals surface area contributed by atoms with E-state index in [-0.39, 0.29) is 25.7 Å². The van der Waals surface area contributed by atoms with Crippen LogP contribution in [0, 0.1) is 0 Å². The number of carbonyl (C=O) groups is 5. The second kappa shape index (κ2) is 14.0. The molecule has 2 heterocycles. The van der Waals surface area contributed by atoms with Crippen molar-refractivity contribution in [2.45, 2.75) is 62.9 Å². The molecular weight excluding hydrogens is 538 g/mol. The van der Waals surface area contributed by atoms with Crippen LogP contribution in [-0.2, 0) is 36.8 Å². The number of aromatic amines is 2. The molecule has 0 fully saturated rings. The third kappa shape index (κ3) is 8.61. The molecule has 1 aromatic carbocycles. The van der Waals surface area contributed by atoms with Crippen LogP contribution in [-0.4, -0.2) is 90.2 Å². The molecule has 0 spiro atoms. The first-order valence-electron chi connectivity index (χ1n) is 12.8. The van der Waals surface area contributed by atoms with E-state index in [1.165, 1.54) is 19.4 Å². The first-order chi connectivity index (χ1) is 19.5. The second-order valence-corrected chi connectivity index (χ2v) is 9.57. The van der Waals surface area contributed by atoms with Crippen molar-refractivity contribution in [1.29, 1.82) is 0 Å². The lowest BCUT2D eigenvalue weighted by Gasteiger charge is -2.26. The van der Waals surface area contributed by atoms with Crippen LogP contribution in [0.15, 0.2) is 43.0 Å². The normalized spacial score (nSPS) is 14.8. The van der Waals surface area contributed by atoms with Crippen molar-refractivity contribution in [3.05, 3.63) is 54.2 Å². The molecule has 15 nitrogen and oxygen atoms in total. The van der Waals surface area contributed by atoms with E-state index in [0.717, 1.165) is 10.9 Å². The topological polar surface area (TPSA) is 253 Å². The summed E-state index contributed by atoms with van der Waals surface area (Å²) in [6.07, 6.45) is 2.26. The molecule has 220 valence electrons. The standard InChI is InChI=1S/C26H33N7O8/c1-13(34)22(25(39)32-20(26(40)41)8-14-10-29-18-5-3-2-4-16(14)18)33-24(38)19(9-15-11-28-12-30-15)31-23(37)17(27)6-7-21(35)36/h2-5,10-13,17,19-20,22,29,34H,6-9,27H2,1H3,(H,28,30)(H,31,37)(H,32,39)(H,33,38)(H,35,36)(H,40,41). The molecule has 3 aromatic rings. The Morgan fingerprint density at radius 2 is 1.66 bits per heavy atom. The molecule has 0 bridgehead atoms. The predicted molar refractivity (Wildman–Crippen MR) is 144 cm³/mol. The Morgan fingerprint density at radius 3 is 2.29 bits per heavy atom. The monoisotopic (exact) mass is 571 g/mol. The van der Waals surface area contributed by atoms with Crippen molar-refractivity contribution in [2.24, 2.45) is 5.73 Å². The lowest BCUT2D eigenvalue weighted by molar-refractivity contribution is -0.143. The highest BCUT2D eigenvalue weighted by Crippen LogP contribution is 2.19. The van der Waals surface area contributed by atoms with Crippen LogP contribution in [0.2, 0.25) is 0 Å². The quantitative estimate of drug-likeness (QED) is 0.105. The molecule has 2 aromatic heterocycles. The number of nitrogens with one attached hydrogen (secondary N) is 5. The summed E-state index contributed by atoms with van der Waals surface area (Å²) in [4.78, 5) is 71.4. The number of carbonyl (C=O) groups excluding carboxylic acids is 3. The van der Waals surface area contributed by atoms with E-state index in [2.05, 4.69) is 30.9 Å². The van der Waals surface area contributed by atoms with Gasteiger partial charge in [-0.3, -0.25) is 19.2 Å². The highest BCUT2D eigenvalue weighted by molar-refractivity contribution is 5.95. The number of imidazole rings is 1. The molecule has 0 saturated carbocycles. The SMILES string of the molecule is CC(O)C(NC(=O)C(Cc1cnc[nH]1)NC(=O)C(N)CCC(=O)O)C(=O)NC(Cc1c[nH]c2ccccc12)C(=O)O. The summed E-state index contributed by atoms with van der Waals surface area (Å²) in [6, 6.07) is 1.77. The number of H-pyrrole nitrogens is 2. The number of hydrogen-bond donors (Lipinski definition) is 9. The third-order valence-corrected chi connectivity index (χ3v) is 6.39. The van der Waals surface area contributed by atoms with Crippen molar-refractivity contribution in [1.82, 2.24) is 30.9 Å². The maximum absolute atomic E-state index is 13.2. The number of nitrogens with two attached hydrogens (primary N) is 1. The number of aromatic nitrogens is 3. The molecule has 0 aliphatic carbocycles. The van der Waals surface area contributed by atoms with E-state index >= 15 is 0 Å². The van der Waals surface area contributed by atoms with Gasteiger partial charge in [0, 0.05) is 48.3 Å². The molecule has 41 heavy (non-hydrogen) atoms. The minimum absolute atomic E-state index is 0.0711. The number of rotatable bonds is 15. The summed E-state index contributed by atoms with van der Waals surface area (Å²) >= 11 is 0. The molecule has 15 heteroatoms. The van der Waals surface area contributed by atoms with E-state index < -0.39 is 59.9 Å². The number of benzene rings is 1. The predicted octanol–water partition coefficient (Wildman–Crippen LogP) is -1.21. The van der Waals surface area contributed by atoms with Crippen LogP contribution in [0.3, 0.4) is 0 Å². The fourth-order valence-corrected chi connectivity index (χ4v) is 4.16. The highest BCUT2D eigenvalue weighted by atomic mass is 16.4. The number of aliphatic hydroxyl groups is 1. The fourth-order valence-electron chi connectivity index (χ4n) is 4.16. The van der Waals surface area contributed by atoms with Crippen LogP contribution in [0.25, 0.3) is 10.9 Å². The van der Waals surface area contributed by atoms with E-state index in [1.807, 2.05) is 18.2 Å². The van der Waals surface area contributed by atoms with Gasteiger partial charge in [0.05, 0.1) is 18.5 Å². The van der Waals surface area contributed by atoms with Gasteiger partial charge >= 0.3 is 11.9 Å². The lowest BCUT2D eigenvalue weighted by atomic mass is 10.0. The molecule has 3 rings (SSSR count). The maximum atomic E-state index is 13.2. The van der Waals surface area contributed by atoms with Crippen LogP contribution < -0.4 is 21.7 Å². The van der Waals surface area contributed by atoms with Crippen LogP contribution in [0.4, 0.5) is 0 Å². The van der Waals surface area contributed by atoms with Crippen LogP contribution >= 0.6 is 0 Å². The Labute approximate surface area is 233 Å². The van der Waals surface area contributed by atoms with E-state index in [0.29, 0.717) is 11.3 Å². The lowest BCUT2D eigenvalue weighted by Crippen LogP contribution is -2.60. The number of aliphatic carboxylic acids is 2. The fraction of sp³-hybridized carbons (Fsp3) is 0.385. The Kier molecular flexibility index (Phi) is 10.5.